The van der Waals surface area contributed by atoms with E-state index < -0.39 is 17.7 Å². The van der Waals surface area contributed by atoms with Crippen LogP contribution in [0.15, 0.2) is 91.0 Å². The Labute approximate surface area is 240 Å². The normalized spacial score (nSPS) is 18.9. The fourth-order valence-electron chi connectivity index (χ4n) is 5.20. The van der Waals surface area contributed by atoms with Gasteiger partial charge in [0, 0.05) is 31.7 Å². The van der Waals surface area contributed by atoms with Gasteiger partial charge in [0.05, 0.1) is 24.8 Å². The number of aliphatic hydroxyl groups is 1. The number of benzene rings is 3. The van der Waals surface area contributed by atoms with Crippen LogP contribution in [0.25, 0.3) is 5.76 Å². The minimum absolute atomic E-state index is 0.0525. The van der Waals surface area contributed by atoms with Crippen LogP contribution in [0.3, 0.4) is 0 Å². The quantitative estimate of drug-likeness (QED) is 0.161. The van der Waals surface area contributed by atoms with E-state index in [-0.39, 0.29) is 11.3 Å². The Kier molecular flexibility index (Phi) is 8.82. The van der Waals surface area contributed by atoms with Gasteiger partial charge in [0.15, 0.2) is 0 Å². The highest BCUT2D eigenvalue weighted by Gasteiger charge is 2.46. The Morgan fingerprint density at radius 3 is 2.46 bits per heavy atom. The maximum absolute atomic E-state index is 13.6. The van der Waals surface area contributed by atoms with Crippen molar-refractivity contribution < 1.29 is 28.9 Å². The lowest BCUT2D eigenvalue weighted by molar-refractivity contribution is -0.140. The van der Waals surface area contributed by atoms with Gasteiger partial charge in [0.25, 0.3) is 11.7 Å². The molecule has 3 aromatic rings. The number of hydrogen-bond donors (Lipinski definition) is 1. The molecule has 0 aromatic heterocycles. The summed E-state index contributed by atoms with van der Waals surface area (Å²) in [6.07, 6.45) is 1.65. The van der Waals surface area contributed by atoms with Crippen molar-refractivity contribution >= 4 is 17.4 Å². The third-order valence-corrected chi connectivity index (χ3v) is 7.27. The number of ether oxygens (including phenoxy) is 3. The molecule has 212 valence electrons. The summed E-state index contributed by atoms with van der Waals surface area (Å²) in [4.78, 5) is 30.8. The summed E-state index contributed by atoms with van der Waals surface area (Å²) in [6, 6.07) is 21.1. The van der Waals surface area contributed by atoms with E-state index in [1.54, 1.807) is 29.2 Å². The van der Waals surface area contributed by atoms with Gasteiger partial charge in [-0.25, -0.2) is 0 Å². The molecule has 8 nitrogen and oxygen atoms in total. The van der Waals surface area contributed by atoms with Crippen molar-refractivity contribution in [1.82, 2.24) is 9.80 Å². The summed E-state index contributed by atoms with van der Waals surface area (Å²) in [5, 5.41) is 11.6. The molecule has 41 heavy (non-hydrogen) atoms. The molecule has 0 bridgehead atoms. The second-order valence-corrected chi connectivity index (χ2v) is 10.0. The summed E-state index contributed by atoms with van der Waals surface area (Å²) in [5.41, 5.74) is 1.90. The second kappa shape index (κ2) is 12.8. The Balaban J connectivity index is 1.54. The van der Waals surface area contributed by atoms with Gasteiger partial charge in [0.2, 0.25) is 0 Å². The van der Waals surface area contributed by atoms with Crippen molar-refractivity contribution in [3.05, 3.63) is 108 Å². The Morgan fingerprint density at radius 2 is 1.73 bits per heavy atom. The molecule has 1 unspecified atom stereocenters. The van der Waals surface area contributed by atoms with Crippen molar-refractivity contribution in [1.29, 1.82) is 0 Å². The summed E-state index contributed by atoms with van der Waals surface area (Å²) in [7, 11) is 0. The van der Waals surface area contributed by atoms with E-state index in [1.807, 2.05) is 61.5 Å². The maximum atomic E-state index is 13.6. The standard InChI is InChI=1S/C33H34N2O6/c1-3-18-40-26-12-13-28(23(2)21-26)31(36)29-30(24-8-7-11-27(22-24)41-25-9-5-4-6-10-25)35(33(38)32(29)37)15-14-34-16-19-39-20-17-34/h3-13,21-22,30,36H,1,14-20H2,2H3/b31-29-. The van der Waals surface area contributed by atoms with Crippen LogP contribution in [0.4, 0.5) is 0 Å². The highest BCUT2D eigenvalue weighted by Crippen LogP contribution is 2.41. The average molecular weight is 555 g/mol. The molecule has 2 aliphatic rings. The van der Waals surface area contributed by atoms with E-state index in [1.165, 1.54) is 0 Å². The number of carbonyl (C=O) groups is 2. The number of aliphatic hydroxyl groups excluding tert-OH is 1. The molecule has 5 rings (SSSR count). The number of ketones is 1. The molecule has 1 amide bonds. The van der Waals surface area contributed by atoms with Crippen LogP contribution < -0.4 is 9.47 Å². The maximum Gasteiger partial charge on any atom is 0.295 e. The molecule has 3 aromatic carbocycles. The van der Waals surface area contributed by atoms with E-state index in [4.69, 9.17) is 14.2 Å². The zero-order valence-corrected chi connectivity index (χ0v) is 23.1. The topological polar surface area (TPSA) is 88.5 Å². The number of nitrogens with zero attached hydrogens (tertiary/aromatic N) is 2. The van der Waals surface area contributed by atoms with Gasteiger partial charge >= 0.3 is 0 Å². The van der Waals surface area contributed by atoms with Crippen LogP contribution in [-0.2, 0) is 14.3 Å². The molecule has 2 aliphatic heterocycles. The monoisotopic (exact) mass is 554 g/mol. The number of Topliss-reactive ketones (excluding diaryl/α,β-unsaturated/α-hetero) is 1. The predicted molar refractivity (Wildman–Crippen MR) is 156 cm³/mol. The van der Waals surface area contributed by atoms with E-state index >= 15 is 0 Å². The summed E-state index contributed by atoms with van der Waals surface area (Å²) < 4.78 is 17.1. The Morgan fingerprint density at radius 1 is 0.976 bits per heavy atom. The van der Waals surface area contributed by atoms with Crippen molar-refractivity contribution in [3.8, 4) is 17.2 Å². The molecule has 0 aliphatic carbocycles. The predicted octanol–water partition coefficient (Wildman–Crippen LogP) is 5.11. The van der Waals surface area contributed by atoms with Gasteiger partial charge in [-0.2, -0.15) is 0 Å². The molecule has 8 heteroatoms. The van der Waals surface area contributed by atoms with E-state index in [9.17, 15) is 14.7 Å². The number of aryl methyl sites for hydroxylation is 1. The highest BCUT2D eigenvalue weighted by atomic mass is 16.5. The first-order chi connectivity index (χ1) is 20.0. The lowest BCUT2D eigenvalue weighted by Crippen LogP contribution is -2.42. The fourth-order valence-corrected chi connectivity index (χ4v) is 5.20. The number of likely N-dealkylation sites (tertiary alicyclic amines) is 1. The first kappa shape index (κ1) is 28.1. The molecule has 2 heterocycles. The molecule has 0 radical (unpaired) electrons. The minimum atomic E-state index is -0.786. The Hall–Kier alpha value is -4.40. The van der Waals surface area contributed by atoms with Gasteiger partial charge in [-0.05, 0) is 60.5 Å². The third-order valence-electron chi connectivity index (χ3n) is 7.27. The van der Waals surface area contributed by atoms with E-state index in [0.717, 1.165) is 13.1 Å². The summed E-state index contributed by atoms with van der Waals surface area (Å²) in [6.45, 7) is 9.53. The molecule has 2 saturated heterocycles. The van der Waals surface area contributed by atoms with Crippen LogP contribution in [-0.4, -0.2) is 72.6 Å². The zero-order chi connectivity index (χ0) is 28.8. The number of para-hydroxylation sites is 1. The molecule has 0 spiro atoms. The minimum Gasteiger partial charge on any atom is -0.507 e. The van der Waals surface area contributed by atoms with Crippen molar-refractivity contribution in [2.45, 2.75) is 13.0 Å². The zero-order valence-electron chi connectivity index (χ0n) is 23.1. The number of hydrogen-bond acceptors (Lipinski definition) is 7. The van der Waals surface area contributed by atoms with Crippen molar-refractivity contribution in [3.63, 3.8) is 0 Å². The summed E-state index contributed by atoms with van der Waals surface area (Å²) >= 11 is 0. The van der Waals surface area contributed by atoms with E-state index in [0.29, 0.717) is 66.8 Å². The van der Waals surface area contributed by atoms with Crippen LogP contribution in [0.5, 0.6) is 17.2 Å². The third kappa shape index (κ3) is 6.34. The van der Waals surface area contributed by atoms with Gasteiger partial charge in [-0.1, -0.05) is 43.0 Å². The molecule has 1 N–H and O–H groups in total. The van der Waals surface area contributed by atoms with Crippen molar-refractivity contribution in [2.24, 2.45) is 0 Å². The van der Waals surface area contributed by atoms with Gasteiger partial charge in [0.1, 0.15) is 29.6 Å². The number of amides is 1. The van der Waals surface area contributed by atoms with Gasteiger partial charge in [-0.3, -0.25) is 14.5 Å². The van der Waals surface area contributed by atoms with Gasteiger partial charge < -0.3 is 24.2 Å². The average Bonchev–Trinajstić information content (AvgIpc) is 3.25. The van der Waals surface area contributed by atoms with Crippen molar-refractivity contribution in [2.75, 3.05) is 46.0 Å². The smallest absolute Gasteiger partial charge is 0.295 e. The summed E-state index contributed by atoms with van der Waals surface area (Å²) in [5.74, 6) is 0.280. The van der Waals surface area contributed by atoms with Crippen LogP contribution in [0.1, 0.15) is 22.7 Å². The highest BCUT2D eigenvalue weighted by molar-refractivity contribution is 6.46. The first-order valence-corrected chi connectivity index (χ1v) is 13.7. The molecule has 1 atom stereocenters. The lowest BCUT2D eigenvalue weighted by Gasteiger charge is -2.31. The van der Waals surface area contributed by atoms with Crippen LogP contribution in [0, 0.1) is 6.92 Å². The van der Waals surface area contributed by atoms with Gasteiger partial charge in [-0.15, -0.1) is 0 Å². The largest absolute Gasteiger partial charge is 0.507 e. The number of carbonyl (C=O) groups excluding carboxylic acids is 2. The SMILES string of the molecule is C=CCOc1ccc(/C(O)=C2/C(=O)C(=O)N(CCN3CCOCC3)C2c2cccc(Oc3ccccc3)c2)c(C)c1. The Bertz CT molecular complexity index is 1450. The molecule has 0 saturated carbocycles. The molecule has 2 fully saturated rings. The van der Waals surface area contributed by atoms with Crippen LogP contribution in [0.2, 0.25) is 0 Å². The fraction of sp³-hybridized carbons (Fsp3) is 0.273. The number of rotatable bonds is 10. The molecular formula is C33H34N2O6. The van der Waals surface area contributed by atoms with E-state index in [2.05, 4.69) is 11.5 Å². The lowest BCUT2D eigenvalue weighted by atomic mass is 9.93. The second-order valence-electron chi connectivity index (χ2n) is 10.0. The number of morpholine rings is 1. The first-order valence-electron chi connectivity index (χ1n) is 13.7. The molecular weight excluding hydrogens is 520 g/mol. The van der Waals surface area contributed by atoms with Crippen LogP contribution >= 0.6 is 0 Å².